The topological polar surface area (TPSA) is 76.9 Å². The molecule has 0 bridgehead atoms. The summed E-state index contributed by atoms with van der Waals surface area (Å²) < 4.78 is 54.0. The Kier molecular flexibility index (Phi) is 7.20. The third-order valence-electron chi connectivity index (χ3n) is 5.89. The minimum atomic E-state index is -3.92. The van der Waals surface area contributed by atoms with Crippen molar-refractivity contribution in [3.8, 4) is 11.5 Å². The van der Waals surface area contributed by atoms with Gasteiger partial charge in [-0.25, -0.2) is 12.8 Å². The largest absolute Gasteiger partial charge is 0.497 e. The number of methoxy groups -OCH3 is 2. The van der Waals surface area contributed by atoms with E-state index in [0.717, 1.165) is 16.8 Å². The van der Waals surface area contributed by atoms with E-state index in [1.54, 1.807) is 56.3 Å². The van der Waals surface area contributed by atoms with Gasteiger partial charge in [0.2, 0.25) is 0 Å². The third-order valence-corrected chi connectivity index (χ3v) is 7.56. The predicted molar refractivity (Wildman–Crippen MR) is 126 cm³/mol. The molecule has 8 nitrogen and oxygen atoms in total. The highest BCUT2D eigenvalue weighted by Crippen LogP contribution is 2.24. The molecule has 1 saturated heterocycles. The quantitative estimate of drug-likeness (QED) is 0.437. The highest BCUT2D eigenvalue weighted by Gasteiger charge is 2.31. The number of alkyl halides is 1. The Hall–Kier alpha value is -2.95. The second kappa shape index (κ2) is 10.1. The van der Waals surface area contributed by atoms with Crippen LogP contribution >= 0.6 is 0 Å². The van der Waals surface area contributed by atoms with Gasteiger partial charge in [-0.3, -0.25) is 9.58 Å². The van der Waals surface area contributed by atoms with Gasteiger partial charge in [0.25, 0.3) is 10.0 Å². The first-order chi connectivity index (χ1) is 16.3. The Morgan fingerprint density at radius 3 is 1.91 bits per heavy atom. The van der Waals surface area contributed by atoms with E-state index >= 15 is 0 Å². The maximum Gasteiger partial charge on any atom is 0.262 e. The van der Waals surface area contributed by atoms with Crippen LogP contribution in [0.3, 0.4) is 0 Å². The van der Waals surface area contributed by atoms with Crippen LogP contribution in [0.2, 0.25) is 0 Å². The molecule has 1 fully saturated rings. The van der Waals surface area contributed by atoms with Gasteiger partial charge in [-0.2, -0.15) is 9.40 Å². The van der Waals surface area contributed by atoms with E-state index in [-0.39, 0.29) is 18.1 Å². The van der Waals surface area contributed by atoms with E-state index in [0.29, 0.717) is 31.1 Å². The van der Waals surface area contributed by atoms with E-state index in [9.17, 15) is 12.8 Å². The molecule has 1 aliphatic heterocycles. The van der Waals surface area contributed by atoms with E-state index in [1.165, 1.54) is 4.31 Å². The molecule has 0 saturated carbocycles. The van der Waals surface area contributed by atoms with Gasteiger partial charge in [0.05, 0.1) is 19.9 Å². The summed E-state index contributed by atoms with van der Waals surface area (Å²) in [5, 5.41) is 4.27. The fraction of sp³-hybridized carbons (Fsp3) is 0.375. The number of aryl methyl sites for hydroxylation is 1. The van der Waals surface area contributed by atoms with Gasteiger partial charge in [0, 0.05) is 45.8 Å². The summed E-state index contributed by atoms with van der Waals surface area (Å²) in [5.41, 5.74) is 2.37. The zero-order chi connectivity index (χ0) is 24.3. The van der Waals surface area contributed by atoms with Crippen LogP contribution < -0.4 is 9.47 Å². The van der Waals surface area contributed by atoms with E-state index in [2.05, 4.69) is 5.10 Å². The number of rotatable bonds is 10. The molecule has 10 heteroatoms. The van der Waals surface area contributed by atoms with Gasteiger partial charge in [0.1, 0.15) is 17.7 Å². The number of nitrogens with zero attached hydrogens (tertiary/aromatic N) is 4. The maximum atomic E-state index is 13.7. The SMILES string of the molecule is COc1ccc(CN(Cc2ccc(OC)cc2)S(=O)(=O)c2cc(CN3CC(F)C3)n(C)n2)cc1. The third kappa shape index (κ3) is 5.40. The van der Waals surface area contributed by atoms with Crippen molar-refractivity contribution in [3.05, 3.63) is 71.4 Å². The number of hydrogen-bond donors (Lipinski definition) is 0. The number of ether oxygens (including phenoxy) is 2. The highest BCUT2D eigenvalue weighted by molar-refractivity contribution is 7.89. The molecule has 0 spiro atoms. The highest BCUT2D eigenvalue weighted by atomic mass is 32.2. The normalized spacial score (nSPS) is 14.9. The van der Waals surface area contributed by atoms with Crippen LogP contribution in [-0.4, -0.2) is 60.9 Å². The molecule has 0 unspecified atom stereocenters. The van der Waals surface area contributed by atoms with Crippen LogP contribution in [0.1, 0.15) is 16.8 Å². The van der Waals surface area contributed by atoms with Gasteiger partial charge in [0.15, 0.2) is 5.03 Å². The first kappa shape index (κ1) is 24.2. The molecule has 0 radical (unpaired) electrons. The van der Waals surface area contributed by atoms with Crippen LogP contribution in [0.5, 0.6) is 11.5 Å². The summed E-state index contributed by atoms with van der Waals surface area (Å²) in [6.07, 6.45) is -0.819. The Morgan fingerprint density at radius 2 is 1.47 bits per heavy atom. The number of halogens is 1. The van der Waals surface area contributed by atoms with Crippen LogP contribution in [0, 0.1) is 0 Å². The minimum absolute atomic E-state index is 0.0238. The standard InChI is InChI=1S/C24H29FN4O4S/c1-27-21(17-28-15-20(25)16-28)12-24(26-27)34(30,31)29(13-18-4-8-22(32-2)9-5-18)14-19-6-10-23(33-3)11-7-19/h4-12,20H,13-17H2,1-3H3. The molecule has 3 aromatic rings. The van der Waals surface area contributed by atoms with E-state index in [4.69, 9.17) is 9.47 Å². The monoisotopic (exact) mass is 488 g/mol. The fourth-order valence-corrected chi connectivity index (χ4v) is 5.26. The molecule has 182 valence electrons. The zero-order valence-corrected chi connectivity index (χ0v) is 20.3. The second-order valence-electron chi connectivity index (χ2n) is 8.36. The van der Waals surface area contributed by atoms with Crippen molar-refractivity contribution < 1.29 is 22.3 Å². The molecule has 1 aliphatic rings. The average molecular weight is 489 g/mol. The summed E-state index contributed by atoms with van der Waals surface area (Å²) in [7, 11) is 0.958. The van der Waals surface area contributed by atoms with Gasteiger partial charge in [-0.1, -0.05) is 24.3 Å². The van der Waals surface area contributed by atoms with Crippen molar-refractivity contribution in [3.63, 3.8) is 0 Å². The van der Waals surface area contributed by atoms with Crippen molar-refractivity contribution in [1.29, 1.82) is 0 Å². The summed E-state index contributed by atoms with van der Waals surface area (Å²) >= 11 is 0. The van der Waals surface area contributed by atoms with Crippen LogP contribution in [0.15, 0.2) is 59.6 Å². The lowest BCUT2D eigenvalue weighted by molar-refractivity contribution is 0.0570. The number of likely N-dealkylation sites (tertiary alicyclic amines) is 1. The first-order valence-corrected chi connectivity index (χ1v) is 12.4. The van der Waals surface area contributed by atoms with E-state index in [1.807, 2.05) is 29.2 Å². The van der Waals surface area contributed by atoms with Crippen molar-refractivity contribution >= 4 is 10.0 Å². The lowest BCUT2D eigenvalue weighted by atomic mass is 10.2. The van der Waals surface area contributed by atoms with Gasteiger partial charge >= 0.3 is 0 Å². The van der Waals surface area contributed by atoms with E-state index < -0.39 is 16.2 Å². The van der Waals surface area contributed by atoms with Crippen LogP contribution in [0.25, 0.3) is 0 Å². The fourth-order valence-electron chi connectivity index (χ4n) is 3.84. The summed E-state index contributed by atoms with van der Waals surface area (Å²) in [5.74, 6) is 1.40. The molecule has 0 N–H and O–H groups in total. The Bertz CT molecular complexity index is 1160. The summed E-state index contributed by atoms with van der Waals surface area (Å²) in [6.45, 7) is 1.50. The Balaban J connectivity index is 1.61. The molecule has 0 atom stereocenters. The van der Waals surface area contributed by atoms with Crippen molar-refractivity contribution in [2.24, 2.45) is 7.05 Å². The molecular formula is C24H29FN4O4S. The molecular weight excluding hydrogens is 459 g/mol. The van der Waals surface area contributed by atoms with Gasteiger partial charge < -0.3 is 9.47 Å². The number of aromatic nitrogens is 2. The lowest BCUT2D eigenvalue weighted by Gasteiger charge is -2.33. The van der Waals surface area contributed by atoms with Crippen molar-refractivity contribution in [2.75, 3.05) is 27.3 Å². The smallest absolute Gasteiger partial charge is 0.262 e. The lowest BCUT2D eigenvalue weighted by Crippen LogP contribution is -2.47. The number of benzene rings is 2. The van der Waals surface area contributed by atoms with Crippen molar-refractivity contribution in [1.82, 2.24) is 19.0 Å². The molecule has 0 amide bonds. The Morgan fingerprint density at radius 1 is 0.971 bits per heavy atom. The van der Waals surface area contributed by atoms with Crippen LogP contribution in [-0.2, 0) is 36.7 Å². The Labute approximate surface area is 199 Å². The second-order valence-corrected chi connectivity index (χ2v) is 10.2. The first-order valence-electron chi connectivity index (χ1n) is 10.9. The summed E-state index contributed by atoms with van der Waals surface area (Å²) in [6, 6.07) is 16.2. The van der Waals surface area contributed by atoms with Gasteiger partial charge in [-0.15, -0.1) is 0 Å². The zero-order valence-electron chi connectivity index (χ0n) is 19.5. The number of hydrogen-bond acceptors (Lipinski definition) is 6. The van der Waals surface area contributed by atoms with Crippen LogP contribution in [0.4, 0.5) is 4.39 Å². The minimum Gasteiger partial charge on any atom is -0.497 e. The molecule has 2 aromatic carbocycles. The molecule has 34 heavy (non-hydrogen) atoms. The maximum absolute atomic E-state index is 13.7. The average Bonchev–Trinajstić information content (AvgIpc) is 3.19. The van der Waals surface area contributed by atoms with Crippen molar-refractivity contribution in [2.45, 2.75) is 30.8 Å². The molecule has 2 heterocycles. The predicted octanol–water partition coefficient (Wildman–Crippen LogP) is 2.98. The molecule has 4 rings (SSSR count). The van der Waals surface area contributed by atoms with Gasteiger partial charge in [-0.05, 0) is 35.4 Å². The number of sulfonamides is 1. The summed E-state index contributed by atoms with van der Waals surface area (Å²) in [4.78, 5) is 1.92. The molecule has 0 aliphatic carbocycles. The molecule has 1 aromatic heterocycles.